The Bertz CT molecular complexity index is 780. The van der Waals surface area contributed by atoms with E-state index in [-0.39, 0.29) is 17.4 Å². The molecular formula is C21H26F2N2O3. The number of rotatable bonds is 10. The molecule has 0 aliphatic rings. The molecule has 2 rings (SSSR count). The maximum absolute atomic E-state index is 12.5. The van der Waals surface area contributed by atoms with Gasteiger partial charge in [0, 0.05) is 18.7 Å². The van der Waals surface area contributed by atoms with Gasteiger partial charge in [-0.3, -0.25) is 9.69 Å². The molecule has 7 heteroatoms. The first-order valence-corrected chi connectivity index (χ1v) is 9.18. The molecule has 0 unspecified atom stereocenters. The van der Waals surface area contributed by atoms with Crippen molar-refractivity contribution in [3.8, 4) is 11.5 Å². The fraction of sp³-hybridized carbons (Fsp3) is 0.381. The molecule has 0 saturated heterocycles. The van der Waals surface area contributed by atoms with Crippen molar-refractivity contribution >= 4 is 5.91 Å². The van der Waals surface area contributed by atoms with Crippen LogP contribution in [0.2, 0.25) is 0 Å². The Kier molecular flexibility index (Phi) is 8.19. The number of amides is 1. The summed E-state index contributed by atoms with van der Waals surface area (Å²) in [6.07, 6.45) is 0. The molecule has 152 valence electrons. The summed E-state index contributed by atoms with van der Waals surface area (Å²) in [4.78, 5) is 14.8. The SMILES string of the molecule is CCN(CC)Cc1ccccc1CNC(=O)c1ccc(OC(F)F)c(OC)c1. The molecule has 0 heterocycles. The highest BCUT2D eigenvalue weighted by molar-refractivity contribution is 5.94. The summed E-state index contributed by atoms with van der Waals surface area (Å²) >= 11 is 0. The van der Waals surface area contributed by atoms with Crippen molar-refractivity contribution in [3.63, 3.8) is 0 Å². The summed E-state index contributed by atoms with van der Waals surface area (Å²) in [5, 5.41) is 2.87. The molecule has 0 spiro atoms. The fourth-order valence-electron chi connectivity index (χ4n) is 2.85. The standard InChI is InChI=1S/C21H26F2N2O3/c1-4-25(5-2)14-17-9-7-6-8-16(17)13-24-20(26)15-10-11-18(28-21(22)23)19(12-15)27-3/h6-12,21H,4-5,13-14H2,1-3H3,(H,24,26). The van der Waals surface area contributed by atoms with Gasteiger partial charge >= 0.3 is 6.61 Å². The van der Waals surface area contributed by atoms with E-state index in [1.807, 2.05) is 18.2 Å². The van der Waals surface area contributed by atoms with Gasteiger partial charge in [0.25, 0.3) is 5.91 Å². The van der Waals surface area contributed by atoms with Crippen molar-refractivity contribution in [1.29, 1.82) is 0 Å². The van der Waals surface area contributed by atoms with E-state index in [2.05, 4.69) is 34.9 Å². The number of hydrogen-bond acceptors (Lipinski definition) is 4. The fourth-order valence-corrected chi connectivity index (χ4v) is 2.85. The van der Waals surface area contributed by atoms with E-state index in [0.29, 0.717) is 12.1 Å². The predicted octanol–water partition coefficient (Wildman–Crippen LogP) is 4.07. The maximum atomic E-state index is 12.5. The highest BCUT2D eigenvalue weighted by Crippen LogP contribution is 2.29. The Balaban J connectivity index is 2.08. The first-order chi connectivity index (χ1) is 13.5. The van der Waals surface area contributed by atoms with Crippen molar-refractivity contribution in [3.05, 3.63) is 59.2 Å². The number of benzene rings is 2. The van der Waals surface area contributed by atoms with E-state index in [9.17, 15) is 13.6 Å². The largest absolute Gasteiger partial charge is 0.493 e. The summed E-state index contributed by atoms with van der Waals surface area (Å²) in [6.45, 7) is 4.34. The van der Waals surface area contributed by atoms with Gasteiger partial charge in [-0.25, -0.2) is 0 Å². The van der Waals surface area contributed by atoms with E-state index < -0.39 is 6.61 Å². The average molecular weight is 392 g/mol. The minimum Gasteiger partial charge on any atom is -0.493 e. The monoisotopic (exact) mass is 392 g/mol. The molecule has 0 radical (unpaired) electrons. The van der Waals surface area contributed by atoms with Crippen LogP contribution in [0, 0.1) is 0 Å². The van der Waals surface area contributed by atoms with Gasteiger partial charge in [-0.05, 0) is 42.4 Å². The van der Waals surface area contributed by atoms with Gasteiger partial charge in [0.15, 0.2) is 11.5 Å². The van der Waals surface area contributed by atoms with Gasteiger partial charge in [0.1, 0.15) is 0 Å². The van der Waals surface area contributed by atoms with Crippen molar-refractivity contribution in [2.75, 3.05) is 20.2 Å². The number of nitrogens with one attached hydrogen (secondary N) is 1. The number of ether oxygens (including phenoxy) is 2. The minimum atomic E-state index is -2.96. The molecule has 28 heavy (non-hydrogen) atoms. The Morgan fingerprint density at radius 2 is 1.75 bits per heavy atom. The molecule has 2 aromatic carbocycles. The van der Waals surface area contributed by atoms with E-state index in [4.69, 9.17) is 4.74 Å². The van der Waals surface area contributed by atoms with Crippen molar-refractivity contribution in [2.45, 2.75) is 33.5 Å². The van der Waals surface area contributed by atoms with Crippen molar-refractivity contribution < 1.29 is 23.0 Å². The Morgan fingerprint density at radius 3 is 2.36 bits per heavy atom. The highest BCUT2D eigenvalue weighted by Gasteiger charge is 2.15. The van der Waals surface area contributed by atoms with Gasteiger partial charge in [0.2, 0.25) is 0 Å². The Hall–Kier alpha value is -2.67. The Labute approximate surface area is 164 Å². The third kappa shape index (κ3) is 5.92. The van der Waals surface area contributed by atoms with Crippen LogP contribution in [0.4, 0.5) is 8.78 Å². The Morgan fingerprint density at radius 1 is 1.07 bits per heavy atom. The van der Waals surface area contributed by atoms with Gasteiger partial charge < -0.3 is 14.8 Å². The third-order valence-electron chi connectivity index (χ3n) is 4.49. The van der Waals surface area contributed by atoms with Crippen LogP contribution in [0.1, 0.15) is 35.3 Å². The summed E-state index contributed by atoms with van der Waals surface area (Å²) in [5.74, 6) is -0.354. The highest BCUT2D eigenvalue weighted by atomic mass is 19.3. The lowest BCUT2D eigenvalue weighted by molar-refractivity contribution is -0.0512. The van der Waals surface area contributed by atoms with Crippen LogP contribution in [0.15, 0.2) is 42.5 Å². The number of carbonyl (C=O) groups is 1. The topological polar surface area (TPSA) is 50.8 Å². The molecule has 0 aromatic heterocycles. The van der Waals surface area contributed by atoms with Crippen LogP contribution >= 0.6 is 0 Å². The first-order valence-electron chi connectivity index (χ1n) is 9.18. The molecule has 0 aliphatic carbocycles. The quantitative estimate of drug-likeness (QED) is 0.662. The van der Waals surface area contributed by atoms with E-state index in [1.165, 1.54) is 25.3 Å². The average Bonchev–Trinajstić information content (AvgIpc) is 2.70. The molecule has 0 aliphatic heterocycles. The van der Waals surface area contributed by atoms with E-state index >= 15 is 0 Å². The van der Waals surface area contributed by atoms with Gasteiger partial charge in [-0.15, -0.1) is 0 Å². The van der Waals surface area contributed by atoms with Crippen molar-refractivity contribution in [1.82, 2.24) is 10.2 Å². The van der Waals surface area contributed by atoms with Gasteiger partial charge in [0.05, 0.1) is 7.11 Å². The van der Waals surface area contributed by atoms with Crippen LogP contribution in [0.25, 0.3) is 0 Å². The van der Waals surface area contributed by atoms with Crippen molar-refractivity contribution in [2.24, 2.45) is 0 Å². The van der Waals surface area contributed by atoms with Gasteiger partial charge in [-0.1, -0.05) is 38.1 Å². The minimum absolute atomic E-state index is 0.0786. The molecule has 0 saturated carbocycles. The molecule has 1 N–H and O–H groups in total. The van der Waals surface area contributed by atoms with Crippen LogP contribution < -0.4 is 14.8 Å². The molecular weight excluding hydrogens is 366 g/mol. The smallest absolute Gasteiger partial charge is 0.387 e. The number of methoxy groups -OCH3 is 1. The molecule has 0 atom stereocenters. The molecule has 2 aromatic rings. The second-order valence-corrected chi connectivity index (χ2v) is 6.16. The number of carbonyl (C=O) groups excluding carboxylic acids is 1. The van der Waals surface area contributed by atoms with Crippen LogP contribution in [-0.2, 0) is 13.1 Å². The summed E-state index contributed by atoms with van der Waals surface area (Å²) < 4.78 is 34.3. The molecule has 0 fully saturated rings. The number of halogens is 2. The third-order valence-corrected chi connectivity index (χ3v) is 4.49. The molecule has 5 nitrogen and oxygen atoms in total. The second kappa shape index (κ2) is 10.6. The summed E-state index contributed by atoms with van der Waals surface area (Å²) in [7, 11) is 1.33. The number of hydrogen-bond donors (Lipinski definition) is 1. The van der Waals surface area contributed by atoms with E-state index in [1.54, 1.807) is 0 Å². The second-order valence-electron chi connectivity index (χ2n) is 6.16. The number of nitrogens with zero attached hydrogens (tertiary/aromatic N) is 1. The first kappa shape index (κ1) is 21.6. The van der Waals surface area contributed by atoms with E-state index in [0.717, 1.165) is 30.8 Å². The zero-order chi connectivity index (χ0) is 20.5. The molecule has 0 bridgehead atoms. The van der Waals surface area contributed by atoms with Crippen LogP contribution in [0.3, 0.4) is 0 Å². The maximum Gasteiger partial charge on any atom is 0.387 e. The number of alkyl halides is 2. The lowest BCUT2D eigenvalue weighted by Gasteiger charge is -2.20. The lowest BCUT2D eigenvalue weighted by atomic mass is 10.1. The predicted molar refractivity (Wildman–Crippen MR) is 104 cm³/mol. The zero-order valence-corrected chi connectivity index (χ0v) is 16.4. The lowest BCUT2D eigenvalue weighted by Crippen LogP contribution is -2.26. The zero-order valence-electron chi connectivity index (χ0n) is 16.4. The normalized spacial score (nSPS) is 11.0. The van der Waals surface area contributed by atoms with Crippen LogP contribution in [-0.4, -0.2) is 37.6 Å². The summed E-state index contributed by atoms with van der Waals surface area (Å²) in [6, 6.07) is 12.1. The van der Waals surface area contributed by atoms with Gasteiger partial charge in [-0.2, -0.15) is 8.78 Å². The summed E-state index contributed by atoms with van der Waals surface area (Å²) in [5.41, 5.74) is 2.50. The van der Waals surface area contributed by atoms with Crippen LogP contribution in [0.5, 0.6) is 11.5 Å². The molecule has 1 amide bonds.